The first-order valence-electron chi connectivity index (χ1n) is 5.18. The van der Waals surface area contributed by atoms with E-state index in [1.165, 1.54) is 0 Å². The minimum Gasteiger partial charge on any atom is -0.466 e. The third-order valence-corrected chi connectivity index (χ3v) is 1.85. The SMILES string of the molecule is O=C1CCCCCO1.OCCCCO. The van der Waals surface area contributed by atoms with Gasteiger partial charge in [0.15, 0.2) is 0 Å². The van der Waals surface area contributed by atoms with Crippen molar-refractivity contribution < 1.29 is 19.7 Å². The molecule has 4 nitrogen and oxygen atoms in total. The number of esters is 1. The molecule has 0 aliphatic carbocycles. The molecule has 84 valence electrons. The molecule has 0 saturated carbocycles. The molecule has 1 aliphatic rings. The molecule has 14 heavy (non-hydrogen) atoms. The number of aliphatic hydroxyl groups is 2. The van der Waals surface area contributed by atoms with Crippen LogP contribution in [0.25, 0.3) is 0 Å². The van der Waals surface area contributed by atoms with E-state index in [1.54, 1.807) is 0 Å². The summed E-state index contributed by atoms with van der Waals surface area (Å²) in [4.78, 5) is 10.5. The summed E-state index contributed by atoms with van der Waals surface area (Å²) in [5.41, 5.74) is 0. The number of carbonyl (C=O) groups is 1. The number of aliphatic hydroxyl groups excluding tert-OH is 2. The first-order chi connectivity index (χ1) is 6.81. The highest BCUT2D eigenvalue weighted by Gasteiger charge is 2.05. The fraction of sp³-hybridized carbons (Fsp3) is 0.900. The van der Waals surface area contributed by atoms with E-state index in [0.29, 0.717) is 13.0 Å². The quantitative estimate of drug-likeness (QED) is 0.528. The maximum Gasteiger partial charge on any atom is 0.305 e. The average molecular weight is 204 g/mol. The predicted octanol–water partition coefficient (Wildman–Crippen LogP) is 0.855. The number of unbranched alkanes of at least 4 members (excludes halogenated alkanes) is 1. The molecule has 1 heterocycles. The van der Waals surface area contributed by atoms with Crippen molar-refractivity contribution in [3.63, 3.8) is 0 Å². The van der Waals surface area contributed by atoms with Gasteiger partial charge in [-0.15, -0.1) is 0 Å². The van der Waals surface area contributed by atoms with Crippen LogP contribution in [-0.2, 0) is 9.53 Å². The van der Waals surface area contributed by atoms with E-state index in [0.717, 1.165) is 32.1 Å². The van der Waals surface area contributed by atoms with Crippen LogP contribution in [0.3, 0.4) is 0 Å². The average Bonchev–Trinajstić information content (AvgIpc) is 2.44. The largest absolute Gasteiger partial charge is 0.466 e. The Balaban J connectivity index is 0.000000255. The fourth-order valence-corrected chi connectivity index (χ4v) is 1.03. The van der Waals surface area contributed by atoms with E-state index in [1.807, 2.05) is 0 Å². The molecule has 0 bridgehead atoms. The van der Waals surface area contributed by atoms with Crippen LogP contribution in [-0.4, -0.2) is 36.0 Å². The molecule has 2 N–H and O–H groups in total. The van der Waals surface area contributed by atoms with Gasteiger partial charge in [0.1, 0.15) is 0 Å². The lowest BCUT2D eigenvalue weighted by Crippen LogP contribution is -2.00. The highest BCUT2D eigenvalue weighted by atomic mass is 16.5. The Hall–Kier alpha value is -0.610. The lowest BCUT2D eigenvalue weighted by Gasteiger charge is -1.93. The Morgan fingerprint density at radius 2 is 1.71 bits per heavy atom. The molecule has 1 rings (SSSR count). The molecule has 0 radical (unpaired) electrons. The summed E-state index contributed by atoms with van der Waals surface area (Å²) in [5.74, 6) is -0.0255. The number of hydrogen-bond donors (Lipinski definition) is 2. The van der Waals surface area contributed by atoms with Gasteiger partial charge in [0.25, 0.3) is 0 Å². The Morgan fingerprint density at radius 1 is 1.07 bits per heavy atom. The maximum atomic E-state index is 10.5. The third kappa shape index (κ3) is 9.48. The van der Waals surface area contributed by atoms with Crippen LogP contribution in [0.15, 0.2) is 0 Å². The predicted molar refractivity (Wildman–Crippen MR) is 52.8 cm³/mol. The molecule has 0 amide bonds. The van der Waals surface area contributed by atoms with Crippen LogP contribution in [0.4, 0.5) is 0 Å². The minimum atomic E-state index is -0.0255. The fourth-order valence-electron chi connectivity index (χ4n) is 1.03. The number of ether oxygens (including phenoxy) is 1. The standard InChI is InChI=1S/C6H10O2.C4H10O2/c7-6-4-2-1-3-5-8-6;5-3-1-2-4-6/h1-5H2;5-6H,1-4H2. The van der Waals surface area contributed by atoms with E-state index < -0.39 is 0 Å². The van der Waals surface area contributed by atoms with Gasteiger partial charge in [-0.2, -0.15) is 0 Å². The molecule has 1 saturated heterocycles. The number of hydrogen-bond acceptors (Lipinski definition) is 4. The van der Waals surface area contributed by atoms with Crippen molar-refractivity contribution in [3.05, 3.63) is 0 Å². The van der Waals surface area contributed by atoms with Crippen LogP contribution < -0.4 is 0 Å². The number of rotatable bonds is 3. The van der Waals surface area contributed by atoms with Crippen molar-refractivity contribution in [2.24, 2.45) is 0 Å². The van der Waals surface area contributed by atoms with Crippen molar-refractivity contribution in [1.82, 2.24) is 0 Å². The number of carbonyl (C=O) groups excluding carboxylic acids is 1. The summed E-state index contributed by atoms with van der Waals surface area (Å²) in [7, 11) is 0. The van der Waals surface area contributed by atoms with E-state index >= 15 is 0 Å². The molecule has 0 aromatic rings. The van der Waals surface area contributed by atoms with Gasteiger partial charge in [-0.3, -0.25) is 4.79 Å². The number of cyclic esters (lactones) is 1. The van der Waals surface area contributed by atoms with Crippen LogP contribution in [0.1, 0.15) is 38.5 Å². The summed E-state index contributed by atoms with van der Waals surface area (Å²) < 4.78 is 4.76. The summed E-state index contributed by atoms with van der Waals surface area (Å²) in [6.07, 6.45) is 5.27. The zero-order valence-corrected chi connectivity index (χ0v) is 8.57. The molecule has 4 heteroatoms. The Labute approximate surface area is 84.9 Å². The lowest BCUT2D eigenvalue weighted by molar-refractivity contribution is -0.142. The van der Waals surface area contributed by atoms with Gasteiger partial charge in [0.05, 0.1) is 6.61 Å². The van der Waals surface area contributed by atoms with Gasteiger partial charge < -0.3 is 14.9 Å². The summed E-state index contributed by atoms with van der Waals surface area (Å²) in [6.45, 7) is 1.03. The summed E-state index contributed by atoms with van der Waals surface area (Å²) >= 11 is 0. The molecule has 1 aliphatic heterocycles. The third-order valence-electron chi connectivity index (χ3n) is 1.85. The van der Waals surface area contributed by atoms with Gasteiger partial charge in [0, 0.05) is 19.6 Å². The summed E-state index contributed by atoms with van der Waals surface area (Å²) in [5, 5.41) is 16.2. The molecule has 0 aromatic heterocycles. The smallest absolute Gasteiger partial charge is 0.305 e. The lowest BCUT2D eigenvalue weighted by atomic mass is 10.2. The van der Waals surface area contributed by atoms with E-state index in [2.05, 4.69) is 0 Å². The molecule has 0 unspecified atom stereocenters. The topological polar surface area (TPSA) is 66.8 Å². The van der Waals surface area contributed by atoms with Crippen LogP contribution in [0.2, 0.25) is 0 Å². The van der Waals surface area contributed by atoms with Crippen molar-refractivity contribution >= 4 is 5.97 Å². The first kappa shape index (κ1) is 13.4. The van der Waals surface area contributed by atoms with Crippen molar-refractivity contribution in [3.8, 4) is 0 Å². The second kappa shape index (κ2) is 10.5. The highest BCUT2D eigenvalue weighted by Crippen LogP contribution is 2.06. The Kier molecular flexibility index (Phi) is 10.0. The van der Waals surface area contributed by atoms with Crippen molar-refractivity contribution in [1.29, 1.82) is 0 Å². The zero-order chi connectivity index (χ0) is 10.6. The Morgan fingerprint density at radius 3 is 2.29 bits per heavy atom. The van der Waals surface area contributed by atoms with Gasteiger partial charge >= 0.3 is 5.97 Å². The van der Waals surface area contributed by atoms with Crippen LogP contribution in [0, 0.1) is 0 Å². The van der Waals surface area contributed by atoms with Gasteiger partial charge in [-0.1, -0.05) is 0 Å². The van der Waals surface area contributed by atoms with Gasteiger partial charge in [-0.25, -0.2) is 0 Å². The first-order valence-corrected chi connectivity index (χ1v) is 5.18. The molecule has 1 fully saturated rings. The monoisotopic (exact) mass is 204 g/mol. The van der Waals surface area contributed by atoms with Crippen molar-refractivity contribution in [2.45, 2.75) is 38.5 Å². The van der Waals surface area contributed by atoms with Gasteiger partial charge in [-0.05, 0) is 32.1 Å². The van der Waals surface area contributed by atoms with Gasteiger partial charge in [0.2, 0.25) is 0 Å². The molecular formula is C10H20O4. The maximum absolute atomic E-state index is 10.5. The molecule has 0 aromatic carbocycles. The van der Waals surface area contributed by atoms with E-state index in [9.17, 15) is 4.79 Å². The second-order valence-corrected chi connectivity index (χ2v) is 3.19. The normalized spacial score (nSPS) is 16.3. The van der Waals surface area contributed by atoms with E-state index in [4.69, 9.17) is 14.9 Å². The zero-order valence-electron chi connectivity index (χ0n) is 8.57. The van der Waals surface area contributed by atoms with Crippen LogP contribution >= 0.6 is 0 Å². The highest BCUT2D eigenvalue weighted by molar-refractivity contribution is 5.69. The van der Waals surface area contributed by atoms with Crippen molar-refractivity contribution in [2.75, 3.05) is 19.8 Å². The molecule has 0 spiro atoms. The minimum absolute atomic E-state index is 0.0255. The van der Waals surface area contributed by atoms with Crippen LogP contribution in [0.5, 0.6) is 0 Å². The molecule has 0 atom stereocenters. The molecular weight excluding hydrogens is 184 g/mol. The van der Waals surface area contributed by atoms with E-state index in [-0.39, 0.29) is 19.2 Å². The Bertz CT molecular complexity index is 122. The second-order valence-electron chi connectivity index (χ2n) is 3.19. The summed E-state index contributed by atoms with van der Waals surface area (Å²) in [6, 6.07) is 0.